The van der Waals surface area contributed by atoms with Crippen molar-refractivity contribution < 1.29 is 9.53 Å². The molecule has 26 heavy (non-hydrogen) atoms. The highest BCUT2D eigenvalue weighted by atomic mass is 16.6. The Kier molecular flexibility index (Phi) is 4.30. The first-order chi connectivity index (χ1) is 12.3. The van der Waals surface area contributed by atoms with Gasteiger partial charge in [0, 0.05) is 23.0 Å². The van der Waals surface area contributed by atoms with Crippen molar-refractivity contribution in [2.45, 2.75) is 33.3 Å². The van der Waals surface area contributed by atoms with Crippen molar-refractivity contribution in [3.8, 4) is 17.3 Å². The summed E-state index contributed by atoms with van der Waals surface area (Å²) >= 11 is 0. The molecule has 0 atom stereocenters. The zero-order valence-electron chi connectivity index (χ0n) is 14.9. The third kappa shape index (κ3) is 3.62. The second kappa shape index (κ2) is 6.44. The lowest BCUT2D eigenvalue weighted by atomic mass is 10.1. The van der Waals surface area contributed by atoms with Gasteiger partial charge in [-0.25, -0.2) is 19.3 Å². The SMILES string of the molecule is Cc1nc(C#N)ccc1-c1cc(NC(=O)OC(C)(C)C)cc2ncnn12. The monoisotopic (exact) mass is 350 g/mol. The van der Waals surface area contributed by atoms with Crippen LogP contribution in [0.2, 0.25) is 0 Å². The van der Waals surface area contributed by atoms with E-state index in [1.165, 1.54) is 6.33 Å². The number of aromatic nitrogens is 4. The minimum absolute atomic E-state index is 0.337. The molecule has 0 bridgehead atoms. The predicted molar refractivity (Wildman–Crippen MR) is 95.5 cm³/mol. The van der Waals surface area contributed by atoms with Crippen LogP contribution in [0.25, 0.3) is 16.9 Å². The van der Waals surface area contributed by atoms with E-state index in [9.17, 15) is 4.79 Å². The van der Waals surface area contributed by atoms with Gasteiger partial charge in [-0.1, -0.05) is 0 Å². The van der Waals surface area contributed by atoms with Crippen LogP contribution in [0.4, 0.5) is 10.5 Å². The van der Waals surface area contributed by atoms with Gasteiger partial charge in [0.2, 0.25) is 0 Å². The third-order valence-electron chi connectivity index (χ3n) is 3.50. The lowest BCUT2D eigenvalue weighted by Crippen LogP contribution is -2.27. The summed E-state index contributed by atoms with van der Waals surface area (Å²) in [5.41, 5.74) is 2.99. The molecule has 0 aliphatic heterocycles. The second-order valence-electron chi connectivity index (χ2n) is 6.73. The number of hydrogen-bond acceptors (Lipinski definition) is 6. The molecule has 0 spiro atoms. The number of nitrogens with zero attached hydrogens (tertiary/aromatic N) is 5. The molecule has 3 rings (SSSR count). The molecule has 8 heteroatoms. The summed E-state index contributed by atoms with van der Waals surface area (Å²) in [6, 6.07) is 8.92. The summed E-state index contributed by atoms with van der Waals surface area (Å²) in [5, 5.41) is 15.9. The fraction of sp³-hybridized carbons (Fsp3) is 0.278. The number of carbonyl (C=O) groups is 1. The molecule has 0 aromatic carbocycles. The van der Waals surface area contributed by atoms with E-state index in [-0.39, 0.29) is 0 Å². The maximum absolute atomic E-state index is 12.1. The lowest BCUT2D eigenvalue weighted by molar-refractivity contribution is 0.0636. The molecule has 3 aromatic heterocycles. The minimum atomic E-state index is -0.598. The molecule has 0 aliphatic rings. The molecule has 132 valence electrons. The van der Waals surface area contributed by atoms with E-state index in [1.807, 2.05) is 13.0 Å². The van der Waals surface area contributed by atoms with Crippen LogP contribution < -0.4 is 5.32 Å². The van der Waals surface area contributed by atoms with Crippen LogP contribution in [0.5, 0.6) is 0 Å². The summed E-state index contributed by atoms with van der Waals surface area (Å²) in [6.45, 7) is 7.20. The molecule has 0 unspecified atom stereocenters. The van der Waals surface area contributed by atoms with Crippen LogP contribution in [0.1, 0.15) is 32.2 Å². The van der Waals surface area contributed by atoms with Gasteiger partial charge in [-0.2, -0.15) is 10.4 Å². The van der Waals surface area contributed by atoms with E-state index in [2.05, 4.69) is 20.4 Å². The number of hydrogen-bond donors (Lipinski definition) is 1. The van der Waals surface area contributed by atoms with Gasteiger partial charge < -0.3 is 4.74 Å². The highest BCUT2D eigenvalue weighted by Crippen LogP contribution is 2.26. The Morgan fingerprint density at radius 1 is 1.31 bits per heavy atom. The molecule has 3 aromatic rings. The van der Waals surface area contributed by atoms with Gasteiger partial charge >= 0.3 is 6.09 Å². The van der Waals surface area contributed by atoms with Gasteiger partial charge in [-0.05, 0) is 45.9 Å². The first kappa shape index (κ1) is 17.4. The summed E-state index contributed by atoms with van der Waals surface area (Å²) in [5.74, 6) is 0. The van der Waals surface area contributed by atoms with E-state index in [0.29, 0.717) is 28.4 Å². The second-order valence-corrected chi connectivity index (χ2v) is 6.73. The third-order valence-corrected chi connectivity index (χ3v) is 3.50. The Balaban J connectivity index is 2.04. The Bertz CT molecular complexity index is 1030. The highest BCUT2D eigenvalue weighted by molar-refractivity contribution is 5.87. The van der Waals surface area contributed by atoms with Crippen molar-refractivity contribution in [1.82, 2.24) is 19.6 Å². The number of anilines is 1. The van der Waals surface area contributed by atoms with Crippen molar-refractivity contribution in [3.63, 3.8) is 0 Å². The molecular formula is C18H18N6O2. The number of amides is 1. The number of rotatable bonds is 2. The number of nitrogens with one attached hydrogen (secondary N) is 1. The highest BCUT2D eigenvalue weighted by Gasteiger charge is 2.18. The number of fused-ring (bicyclic) bond motifs is 1. The van der Waals surface area contributed by atoms with Gasteiger partial charge in [0.1, 0.15) is 23.7 Å². The Morgan fingerprint density at radius 2 is 2.08 bits per heavy atom. The maximum Gasteiger partial charge on any atom is 0.412 e. The molecule has 1 N–H and O–H groups in total. The van der Waals surface area contributed by atoms with Gasteiger partial charge in [-0.3, -0.25) is 5.32 Å². The van der Waals surface area contributed by atoms with Crippen LogP contribution in [0.3, 0.4) is 0 Å². The van der Waals surface area contributed by atoms with Gasteiger partial charge in [0.25, 0.3) is 0 Å². The molecule has 0 saturated heterocycles. The lowest BCUT2D eigenvalue weighted by Gasteiger charge is -2.20. The van der Waals surface area contributed by atoms with Gasteiger partial charge in [-0.15, -0.1) is 0 Å². The molecule has 8 nitrogen and oxygen atoms in total. The smallest absolute Gasteiger partial charge is 0.412 e. The number of pyridine rings is 2. The van der Waals surface area contributed by atoms with Crippen molar-refractivity contribution in [3.05, 3.63) is 42.0 Å². The topological polar surface area (TPSA) is 105 Å². The Morgan fingerprint density at radius 3 is 2.73 bits per heavy atom. The van der Waals surface area contributed by atoms with Crippen LogP contribution in [0, 0.1) is 18.3 Å². The van der Waals surface area contributed by atoms with E-state index < -0.39 is 11.7 Å². The molecular weight excluding hydrogens is 332 g/mol. The molecule has 1 amide bonds. The van der Waals surface area contributed by atoms with Crippen molar-refractivity contribution in [2.75, 3.05) is 5.32 Å². The number of ether oxygens (including phenoxy) is 1. The standard InChI is InChI=1S/C18H18N6O2/c1-11-14(6-5-12(9-19)22-11)15-7-13(8-16-20-10-21-24(15)16)23-17(25)26-18(2,3)4/h5-8,10H,1-4H3,(H,23,25). The molecule has 0 saturated carbocycles. The normalized spacial score (nSPS) is 11.2. The largest absolute Gasteiger partial charge is 0.444 e. The summed E-state index contributed by atoms with van der Waals surface area (Å²) < 4.78 is 6.94. The first-order valence-corrected chi connectivity index (χ1v) is 7.99. The van der Waals surface area contributed by atoms with E-state index >= 15 is 0 Å². The average Bonchev–Trinajstić information content (AvgIpc) is 3.00. The van der Waals surface area contributed by atoms with E-state index in [1.54, 1.807) is 49.6 Å². The molecule has 3 heterocycles. The first-order valence-electron chi connectivity index (χ1n) is 7.99. The predicted octanol–water partition coefficient (Wildman–Crippen LogP) is 3.32. The van der Waals surface area contributed by atoms with Crippen LogP contribution >= 0.6 is 0 Å². The molecule has 0 fully saturated rings. The molecule has 0 aliphatic carbocycles. The number of nitriles is 1. The number of aryl methyl sites for hydroxylation is 1. The maximum atomic E-state index is 12.1. The van der Waals surface area contributed by atoms with Crippen LogP contribution in [0.15, 0.2) is 30.6 Å². The fourth-order valence-corrected chi connectivity index (χ4v) is 2.50. The van der Waals surface area contributed by atoms with Crippen molar-refractivity contribution in [2.24, 2.45) is 0 Å². The summed E-state index contributed by atoms with van der Waals surface area (Å²) in [7, 11) is 0. The van der Waals surface area contributed by atoms with E-state index in [4.69, 9.17) is 10.00 Å². The minimum Gasteiger partial charge on any atom is -0.444 e. The summed E-state index contributed by atoms with van der Waals surface area (Å²) in [6.07, 6.45) is 0.879. The van der Waals surface area contributed by atoms with Gasteiger partial charge in [0.05, 0.1) is 5.69 Å². The fourth-order valence-electron chi connectivity index (χ4n) is 2.50. The zero-order chi connectivity index (χ0) is 18.9. The quantitative estimate of drug-likeness (QED) is 0.760. The van der Waals surface area contributed by atoms with Crippen molar-refractivity contribution in [1.29, 1.82) is 5.26 Å². The average molecular weight is 350 g/mol. The van der Waals surface area contributed by atoms with E-state index in [0.717, 1.165) is 5.56 Å². The Labute approximate surface area is 150 Å². The summed E-state index contributed by atoms with van der Waals surface area (Å²) in [4.78, 5) is 20.5. The Hall–Kier alpha value is -3.47. The van der Waals surface area contributed by atoms with Crippen LogP contribution in [-0.2, 0) is 4.74 Å². The number of carbonyl (C=O) groups excluding carboxylic acids is 1. The van der Waals surface area contributed by atoms with Gasteiger partial charge in [0.15, 0.2) is 5.65 Å². The molecule has 0 radical (unpaired) electrons. The van der Waals surface area contributed by atoms with Crippen molar-refractivity contribution >= 4 is 17.4 Å². The zero-order valence-corrected chi connectivity index (χ0v) is 14.9. The van der Waals surface area contributed by atoms with Crippen LogP contribution in [-0.4, -0.2) is 31.3 Å².